The van der Waals surface area contributed by atoms with E-state index in [1.54, 1.807) is 0 Å². The lowest BCUT2D eigenvalue weighted by atomic mass is 9.96. The highest BCUT2D eigenvalue weighted by molar-refractivity contribution is 4.96. The fourth-order valence-electron chi connectivity index (χ4n) is 3.24. The second-order valence-electron chi connectivity index (χ2n) is 4.79. The Morgan fingerprint density at radius 2 is 1.82 bits per heavy atom. The number of hydrogen-bond acceptors (Lipinski definition) is 1. The van der Waals surface area contributed by atoms with Gasteiger partial charge in [-0.15, -0.1) is 0 Å². The number of nitrogens with two attached hydrogens (primary N) is 1. The van der Waals surface area contributed by atoms with Gasteiger partial charge in [0, 0.05) is 6.04 Å². The van der Waals surface area contributed by atoms with Gasteiger partial charge in [0.2, 0.25) is 0 Å². The molecule has 0 spiro atoms. The average molecular weight is 153 g/mol. The fourth-order valence-corrected chi connectivity index (χ4v) is 3.24. The van der Waals surface area contributed by atoms with Crippen molar-refractivity contribution in [3.8, 4) is 0 Å². The Hall–Kier alpha value is -0.0400. The van der Waals surface area contributed by atoms with Crippen LogP contribution in [0.1, 0.15) is 33.1 Å². The summed E-state index contributed by atoms with van der Waals surface area (Å²) in [5.41, 5.74) is 6.13. The Labute approximate surface area is 69.4 Å². The van der Waals surface area contributed by atoms with Gasteiger partial charge in [0.15, 0.2) is 0 Å². The summed E-state index contributed by atoms with van der Waals surface area (Å²) >= 11 is 0. The van der Waals surface area contributed by atoms with E-state index in [9.17, 15) is 0 Å². The normalized spacial score (nSPS) is 56.5. The molecule has 2 aliphatic carbocycles. The summed E-state index contributed by atoms with van der Waals surface area (Å²) in [7, 11) is 0. The van der Waals surface area contributed by atoms with Gasteiger partial charge >= 0.3 is 0 Å². The third kappa shape index (κ3) is 1.10. The summed E-state index contributed by atoms with van der Waals surface area (Å²) in [6.07, 6.45) is 4.25. The van der Waals surface area contributed by atoms with E-state index < -0.39 is 0 Å². The molecule has 2 fully saturated rings. The predicted molar refractivity (Wildman–Crippen MR) is 47.1 cm³/mol. The zero-order chi connectivity index (χ0) is 8.01. The first kappa shape index (κ1) is 7.60. The third-order valence-electron chi connectivity index (χ3n) is 3.81. The molecule has 0 aromatic carbocycles. The molecule has 0 radical (unpaired) electrons. The van der Waals surface area contributed by atoms with Gasteiger partial charge in [0.05, 0.1) is 0 Å². The van der Waals surface area contributed by atoms with Crippen molar-refractivity contribution in [3.63, 3.8) is 0 Å². The highest BCUT2D eigenvalue weighted by atomic mass is 14.7. The summed E-state index contributed by atoms with van der Waals surface area (Å²) in [6, 6.07) is 0.518. The van der Waals surface area contributed by atoms with E-state index in [1.165, 1.54) is 19.3 Å². The third-order valence-corrected chi connectivity index (χ3v) is 3.81. The first-order valence-electron chi connectivity index (χ1n) is 4.94. The Balaban J connectivity index is 2.07. The molecule has 0 saturated heterocycles. The molecule has 0 aliphatic heterocycles. The molecule has 2 rings (SSSR count). The molecule has 11 heavy (non-hydrogen) atoms. The summed E-state index contributed by atoms with van der Waals surface area (Å²) in [4.78, 5) is 0. The van der Waals surface area contributed by atoms with Gasteiger partial charge in [-0.1, -0.05) is 13.8 Å². The van der Waals surface area contributed by atoms with Crippen LogP contribution in [0, 0.1) is 23.7 Å². The van der Waals surface area contributed by atoms with Gasteiger partial charge in [0.25, 0.3) is 0 Å². The molecule has 2 aliphatic rings. The maximum atomic E-state index is 6.13. The molecule has 0 heterocycles. The van der Waals surface area contributed by atoms with Crippen LogP contribution in [0.2, 0.25) is 0 Å². The zero-order valence-corrected chi connectivity index (χ0v) is 7.59. The molecule has 0 bridgehead atoms. The van der Waals surface area contributed by atoms with Crippen molar-refractivity contribution in [2.45, 2.75) is 39.2 Å². The Kier molecular flexibility index (Phi) is 1.71. The molecule has 1 nitrogen and oxygen atoms in total. The second-order valence-corrected chi connectivity index (χ2v) is 4.79. The van der Waals surface area contributed by atoms with Gasteiger partial charge in [0.1, 0.15) is 0 Å². The highest BCUT2D eigenvalue weighted by Crippen LogP contribution is 2.48. The Morgan fingerprint density at radius 1 is 1.09 bits per heavy atom. The van der Waals surface area contributed by atoms with E-state index >= 15 is 0 Å². The lowest BCUT2D eigenvalue weighted by molar-refractivity contribution is 0.396. The average Bonchev–Trinajstić information content (AvgIpc) is 2.37. The van der Waals surface area contributed by atoms with Crippen LogP contribution < -0.4 is 5.73 Å². The molecule has 0 aromatic heterocycles. The maximum absolute atomic E-state index is 6.13. The monoisotopic (exact) mass is 153 g/mol. The SMILES string of the molecule is CC1CC2CC(C)C(N)C2C1. The quantitative estimate of drug-likeness (QED) is 0.566. The predicted octanol–water partition coefficient (Wildman–Crippen LogP) is 2.02. The summed E-state index contributed by atoms with van der Waals surface area (Å²) in [5, 5.41) is 0. The topological polar surface area (TPSA) is 26.0 Å². The van der Waals surface area contributed by atoms with E-state index in [1.807, 2.05) is 0 Å². The van der Waals surface area contributed by atoms with Crippen LogP contribution in [0.5, 0.6) is 0 Å². The van der Waals surface area contributed by atoms with Crippen molar-refractivity contribution in [2.75, 3.05) is 0 Å². The Bertz CT molecular complexity index is 155. The molecule has 0 amide bonds. The minimum atomic E-state index is 0.518. The van der Waals surface area contributed by atoms with Crippen molar-refractivity contribution in [2.24, 2.45) is 29.4 Å². The molecule has 2 N–H and O–H groups in total. The number of rotatable bonds is 0. The largest absolute Gasteiger partial charge is 0.327 e. The first-order chi connectivity index (χ1) is 5.18. The van der Waals surface area contributed by atoms with Crippen LogP contribution in [0.25, 0.3) is 0 Å². The zero-order valence-electron chi connectivity index (χ0n) is 7.59. The summed E-state index contributed by atoms with van der Waals surface area (Å²) < 4.78 is 0. The molecule has 64 valence electrons. The second kappa shape index (κ2) is 2.48. The van der Waals surface area contributed by atoms with Crippen LogP contribution in [0.3, 0.4) is 0 Å². The summed E-state index contributed by atoms with van der Waals surface area (Å²) in [6.45, 7) is 4.68. The number of hydrogen-bond donors (Lipinski definition) is 1. The van der Waals surface area contributed by atoms with Crippen molar-refractivity contribution < 1.29 is 0 Å². The smallest absolute Gasteiger partial charge is 0.00958 e. The molecular formula is C10H19N. The van der Waals surface area contributed by atoms with Crippen LogP contribution in [-0.4, -0.2) is 6.04 Å². The molecule has 0 aromatic rings. The standard InChI is InChI=1S/C10H19N/c1-6-3-8-5-7(2)10(11)9(8)4-6/h6-10H,3-5,11H2,1-2H3. The first-order valence-corrected chi connectivity index (χ1v) is 4.94. The van der Waals surface area contributed by atoms with Crippen molar-refractivity contribution in [1.29, 1.82) is 0 Å². The van der Waals surface area contributed by atoms with Crippen molar-refractivity contribution in [3.05, 3.63) is 0 Å². The maximum Gasteiger partial charge on any atom is 0.00958 e. The minimum Gasteiger partial charge on any atom is -0.327 e. The van der Waals surface area contributed by atoms with Crippen molar-refractivity contribution in [1.82, 2.24) is 0 Å². The van der Waals surface area contributed by atoms with Gasteiger partial charge < -0.3 is 5.73 Å². The number of fused-ring (bicyclic) bond motifs is 1. The fraction of sp³-hybridized carbons (Fsp3) is 1.00. The lowest BCUT2D eigenvalue weighted by Crippen LogP contribution is -2.30. The molecule has 1 heteroatoms. The highest BCUT2D eigenvalue weighted by Gasteiger charge is 2.43. The van der Waals surface area contributed by atoms with Crippen LogP contribution in [0.4, 0.5) is 0 Å². The van der Waals surface area contributed by atoms with E-state index in [-0.39, 0.29) is 0 Å². The van der Waals surface area contributed by atoms with E-state index in [4.69, 9.17) is 5.73 Å². The van der Waals surface area contributed by atoms with Crippen LogP contribution >= 0.6 is 0 Å². The van der Waals surface area contributed by atoms with Gasteiger partial charge in [-0.2, -0.15) is 0 Å². The van der Waals surface area contributed by atoms with Gasteiger partial charge in [-0.3, -0.25) is 0 Å². The lowest BCUT2D eigenvalue weighted by Gasteiger charge is -2.16. The van der Waals surface area contributed by atoms with E-state index in [0.29, 0.717) is 6.04 Å². The summed E-state index contributed by atoms with van der Waals surface area (Å²) in [5.74, 6) is 3.59. The van der Waals surface area contributed by atoms with Crippen molar-refractivity contribution >= 4 is 0 Å². The molecule has 2 saturated carbocycles. The molecule has 5 unspecified atom stereocenters. The van der Waals surface area contributed by atoms with Gasteiger partial charge in [-0.25, -0.2) is 0 Å². The van der Waals surface area contributed by atoms with E-state index in [0.717, 1.165) is 23.7 Å². The Morgan fingerprint density at radius 3 is 2.45 bits per heavy atom. The molecular weight excluding hydrogens is 134 g/mol. The van der Waals surface area contributed by atoms with Gasteiger partial charge in [-0.05, 0) is 42.9 Å². The molecule has 5 atom stereocenters. The van der Waals surface area contributed by atoms with Crippen LogP contribution in [-0.2, 0) is 0 Å². The van der Waals surface area contributed by atoms with E-state index in [2.05, 4.69) is 13.8 Å². The minimum absolute atomic E-state index is 0.518. The van der Waals surface area contributed by atoms with Crippen LogP contribution in [0.15, 0.2) is 0 Å².